The van der Waals surface area contributed by atoms with E-state index in [4.69, 9.17) is 11.6 Å². The Morgan fingerprint density at radius 3 is 2.29 bits per heavy atom. The summed E-state index contributed by atoms with van der Waals surface area (Å²) in [6.45, 7) is 3.22. The number of rotatable bonds is 5. The zero-order valence-electron chi connectivity index (χ0n) is 19.0. The number of aromatic nitrogens is 2. The van der Waals surface area contributed by atoms with E-state index in [1.807, 2.05) is 36.4 Å². The minimum atomic E-state index is -0.359. The Balaban J connectivity index is 1.37. The Kier molecular flexibility index (Phi) is 6.61. The molecule has 35 heavy (non-hydrogen) atoms. The van der Waals surface area contributed by atoms with Crippen molar-refractivity contribution in [2.75, 3.05) is 26.2 Å². The fourth-order valence-electron chi connectivity index (χ4n) is 4.41. The molecular weight excluding hydrogens is 467 g/mol. The summed E-state index contributed by atoms with van der Waals surface area (Å²) in [5, 5.41) is 5.97. The minimum absolute atomic E-state index is 0.192. The maximum Gasteiger partial charge on any atom is 0.275 e. The van der Waals surface area contributed by atoms with Crippen LogP contribution in [0.25, 0.3) is 10.8 Å². The molecule has 1 aliphatic heterocycles. The van der Waals surface area contributed by atoms with Crippen LogP contribution in [0.1, 0.15) is 21.6 Å². The highest BCUT2D eigenvalue weighted by molar-refractivity contribution is 6.31. The van der Waals surface area contributed by atoms with E-state index in [1.165, 1.54) is 16.8 Å². The third kappa shape index (κ3) is 4.97. The Bertz CT molecular complexity index is 1430. The standard InChI is InChI=1S/C27H24ClFN4O2/c28-24-16-21(29)11-10-20(24)18-31-12-14-32(15-13-31)27(35)25-22-8-4-5-9-23(22)26(34)33(30-25)17-19-6-2-1-3-7-19/h1-11,16H,12-15,17-18H2. The first-order chi connectivity index (χ1) is 17.0. The molecule has 1 amide bonds. The molecule has 0 atom stereocenters. The zero-order valence-corrected chi connectivity index (χ0v) is 19.8. The molecule has 0 radical (unpaired) electrons. The van der Waals surface area contributed by atoms with E-state index in [0.29, 0.717) is 48.5 Å². The quantitative estimate of drug-likeness (QED) is 0.421. The van der Waals surface area contributed by atoms with Crippen LogP contribution >= 0.6 is 11.6 Å². The van der Waals surface area contributed by atoms with Crippen molar-refractivity contribution in [2.24, 2.45) is 0 Å². The van der Waals surface area contributed by atoms with Gasteiger partial charge in [-0.05, 0) is 29.3 Å². The molecule has 3 aromatic carbocycles. The average molecular weight is 491 g/mol. The van der Waals surface area contributed by atoms with Crippen LogP contribution in [-0.4, -0.2) is 51.7 Å². The minimum Gasteiger partial charge on any atom is -0.335 e. The first-order valence-electron chi connectivity index (χ1n) is 11.5. The van der Waals surface area contributed by atoms with Gasteiger partial charge in [-0.3, -0.25) is 14.5 Å². The Hall–Kier alpha value is -3.55. The predicted molar refractivity (Wildman–Crippen MR) is 134 cm³/mol. The molecule has 8 heteroatoms. The molecule has 178 valence electrons. The number of piperazine rings is 1. The molecule has 6 nitrogen and oxygen atoms in total. The van der Waals surface area contributed by atoms with E-state index in [-0.39, 0.29) is 29.5 Å². The second kappa shape index (κ2) is 9.98. The second-order valence-corrected chi connectivity index (χ2v) is 9.05. The fourth-order valence-corrected chi connectivity index (χ4v) is 4.63. The number of benzene rings is 3. The number of amides is 1. The summed E-state index contributed by atoms with van der Waals surface area (Å²) >= 11 is 6.18. The molecule has 1 saturated heterocycles. The molecule has 2 heterocycles. The second-order valence-electron chi connectivity index (χ2n) is 8.65. The molecule has 5 rings (SSSR count). The van der Waals surface area contributed by atoms with Gasteiger partial charge in [-0.1, -0.05) is 66.2 Å². The lowest BCUT2D eigenvalue weighted by atomic mass is 10.1. The zero-order chi connectivity index (χ0) is 24.4. The number of carbonyl (C=O) groups is 1. The highest BCUT2D eigenvalue weighted by atomic mass is 35.5. The number of carbonyl (C=O) groups excluding carboxylic acids is 1. The monoisotopic (exact) mass is 490 g/mol. The van der Waals surface area contributed by atoms with Crippen molar-refractivity contribution in [3.05, 3.63) is 111 Å². The maximum absolute atomic E-state index is 13.6. The summed E-state index contributed by atoms with van der Waals surface area (Å²) in [5.74, 6) is -0.551. The Labute approximate surface area is 207 Å². The van der Waals surface area contributed by atoms with Crippen LogP contribution in [0.3, 0.4) is 0 Å². The number of nitrogens with zero attached hydrogens (tertiary/aromatic N) is 4. The molecule has 0 bridgehead atoms. The predicted octanol–water partition coefficient (Wildman–Crippen LogP) is 4.20. The van der Waals surface area contributed by atoms with Crippen molar-refractivity contribution in [1.29, 1.82) is 0 Å². The van der Waals surface area contributed by atoms with Gasteiger partial charge in [0.2, 0.25) is 0 Å². The topological polar surface area (TPSA) is 58.4 Å². The van der Waals surface area contributed by atoms with Crippen LogP contribution in [0.4, 0.5) is 4.39 Å². The molecule has 0 aliphatic carbocycles. The van der Waals surface area contributed by atoms with Gasteiger partial charge in [0.25, 0.3) is 11.5 Å². The molecule has 0 saturated carbocycles. The van der Waals surface area contributed by atoms with Crippen molar-refractivity contribution in [3.8, 4) is 0 Å². The first kappa shape index (κ1) is 23.2. The van der Waals surface area contributed by atoms with Crippen LogP contribution in [0.15, 0.2) is 77.6 Å². The fraction of sp³-hybridized carbons (Fsp3) is 0.222. The number of hydrogen-bond acceptors (Lipinski definition) is 4. The van der Waals surface area contributed by atoms with Gasteiger partial charge < -0.3 is 4.90 Å². The van der Waals surface area contributed by atoms with Gasteiger partial charge in [0.1, 0.15) is 5.82 Å². The summed E-state index contributed by atoms with van der Waals surface area (Å²) in [6, 6.07) is 21.1. The van der Waals surface area contributed by atoms with Gasteiger partial charge in [-0.25, -0.2) is 9.07 Å². The van der Waals surface area contributed by atoms with Crippen molar-refractivity contribution in [1.82, 2.24) is 19.6 Å². The summed E-state index contributed by atoms with van der Waals surface area (Å²) < 4.78 is 14.7. The van der Waals surface area contributed by atoms with Crippen LogP contribution in [0, 0.1) is 5.82 Å². The van der Waals surface area contributed by atoms with Gasteiger partial charge in [0.15, 0.2) is 5.69 Å². The van der Waals surface area contributed by atoms with Crippen LogP contribution < -0.4 is 5.56 Å². The summed E-state index contributed by atoms with van der Waals surface area (Å²) in [7, 11) is 0. The van der Waals surface area contributed by atoms with Gasteiger partial charge in [0.05, 0.1) is 11.9 Å². The molecule has 0 unspecified atom stereocenters. The van der Waals surface area contributed by atoms with Crippen molar-refractivity contribution < 1.29 is 9.18 Å². The summed E-state index contributed by atoms with van der Waals surface area (Å²) in [5.41, 5.74) is 1.85. The van der Waals surface area contributed by atoms with Crippen LogP contribution in [0.5, 0.6) is 0 Å². The van der Waals surface area contributed by atoms with Gasteiger partial charge in [-0.15, -0.1) is 0 Å². The van der Waals surface area contributed by atoms with Crippen molar-refractivity contribution >= 4 is 28.3 Å². The highest BCUT2D eigenvalue weighted by Crippen LogP contribution is 2.21. The molecular formula is C27H24ClFN4O2. The molecule has 0 spiro atoms. The lowest BCUT2D eigenvalue weighted by Crippen LogP contribution is -2.48. The van der Waals surface area contributed by atoms with Crippen molar-refractivity contribution in [3.63, 3.8) is 0 Å². The van der Waals surface area contributed by atoms with E-state index in [1.54, 1.807) is 29.2 Å². The highest BCUT2D eigenvalue weighted by Gasteiger charge is 2.26. The SMILES string of the molecule is O=C(c1nn(Cc2ccccc2)c(=O)c2ccccc12)N1CCN(Cc2ccc(F)cc2Cl)CC1. The third-order valence-corrected chi connectivity index (χ3v) is 6.67. The van der Waals surface area contributed by atoms with Gasteiger partial charge in [0, 0.05) is 43.1 Å². The lowest BCUT2D eigenvalue weighted by molar-refractivity contribution is 0.0622. The van der Waals surface area contributed by atoms with Crippen LogP contribution in [-0.2, 0) is 13.1 Å². The van der Waals surface area contributed by atoms with E-state index in [0.717, 1.165) is 11.1 Å². The van der Waals surface area contributed by atoms with Gasteiger partial charge >= 0.3 is 0 Å². The van der Waals surface area contributed by atoms with E-state index >= 15 is 0 Å². The number of halogens is 2. The first-order valence-corrected chi connectivity index (χ1v) is 11.9. The summed E-state index contributed by atoms with van der Waals surface area (Å²) in [4.78, 5) is 30.6. The molecule has 1 aromatic heterocycles. The summed E-state index contributed by atoms with van der Waals surface area (Å²) in [6.07, 6.45) is 0. The Morgan fingerprint density at radius 1 is 0.886 bits per heavy atom. The largest absolute Gasteiger partial charge is 0.335 e. The average Bonchev–Trinajstić information content (AvgIpc) is 2.88. The maximum atomic E-state index is 13.6. The van der Waals surface area contributed by atoms with E-state index in [9.17, 15) is 14.0 Å². The van der Waals surface area contributed by atoms with Gasteiger partial charge in [-0.2, -0.15) is 5.10 Å². The molecule has 1 aliphatic rings. The Morgan fingerprint density at radius 2 is 1.57 bits per heavy atom. The molecule has 1 fully saturated rings. The molecule has 4 aromatic rings. The van der Waals surface area contributed by atoms with Crippen LogP contribution in [0.2, 0.25) is 5.02 Å². The number of fused-ring (bicyclic) bond motifs is 1. The van der Waals surface area contributed by atoms with E-state index in [2.05, 4.69) is 10.00 Å². The number of hydrogen-bond donors (Lipinski definition) is 0. The normalized spacial score (nSPS) is 14.4. The molecule has 0 N–H and O–H groups in total. The van der Waals surface area contributed by atoms with E-state index < -0.39 is 0 Å². The van der Waals surface area contributed by atoms with Crippen molar-refractivity contribution in [2.45, 2.75) is 13.1 Å². The lowest BCUT2D eigenvalue weighted by Gasteiger charge is -2.34. The third-order valence-electron chi connectivity index (χ3n) is 6.31. The smallest absolute Gasteiger partial charge is 0.275 e.